The fourth-order valence-electron chi connectivity index (χ4n) is 14.9. The number of rotatable bonds is 52. The van der Waals surface area contributed by atoms with Crippen molar-refractivity contribution in [2.24, 2.45) is 11.8 Å². The molecule has 0 bridgehead atoms. The molecule has 0 fully saturated rings. The van der Waals surface area contributed by atoms with Gasteiger partial charge < -0.3 is 0 Å². The number of aromatic nitrogens is 4. The molecule has 0 saturated heterocycles. The van der Waals surface area contributed by atoms with E-state index in [1.807, 2.05) is 36.0 Å². The minimum atomic E-state index is -0.206. The molecule has 0 radical (unpaired) electrons. The molecule has 2 unspecified atom stereocenters. The van der Waals surface area contributed by atoms with E-state index in [0.29, 0.717) is 11.8 Å². The number of hydrogen-bond acceptors (Lipinski definition) is 8. The van der Waals surface area contributed by atoms with Crippen LogP contribution in [0.2, 0.25) is 0 Å². The standard InChI is InChI=1S/C78H120N4O2S4Se/c1-8-14-20-26-30-32-34-38-44-51-61-63(53-46-55-83)85-77-71-75(87-73(61)77)65-67-68(80-89-79-67)66-70(69(65)81(71)57-59(47-40-24-18-12-5)49-42-36-28-22-16-10-3)82(58-60(48-41-25-19-13-6)50-43-37-29-23-17-11-4)72-76(66)88-74-62(64(54-56-84-7)86-78(72)74)52-45-39-35-33-31-27-21-15-9-2/h46,53-56,59-60H,8-45,47-52,57-58H2,1-7H3/b53-46+,56-54+. The van der Waals surface area contributed by atoms with Crippen molar-refractivity contribution in [1.29, 1.82) is 0 Å². The Kier molecular flexibility index (Phi) is 32.8. The van der Waals surface area contributed by atoms with Crippen LogP contribution in [-0.4, -0.2) is 45.5 Å². The first-order valence-corrected chi connectivity index (χ1v) is 42.1. The molecular formula is C78H120N4O2S4Se. The Bertz CT molecular complexity index is 3350. The molecule has 11 heteroatoms. The summed E-state index contributed by atoms with van der Waals surface area (Å²) >= 11 is 7.99. The maximum atomic E-state index is 12.2. The molecule has 0 N–H and O–H groups in total. The zero-order chi connectivity index (χ0) is 62.4. The third-order valence-corrected chi connectivity index (χ3v) is 26.2. The predicted octanol–water partition coefficient (Wildman–Crippen LogP) is 27.1. The number of aryl methyl sites for hydroxylation is 2. The van der Waals surface area contributed by atoms with Gasteiger partial charge in [0.1, 0.15) is 0 Å². The number of methoxy groups -OCH3 is 1. The topological polar surface area (TPSA) is 61.9 Å². The van der Waals surface area contributed by atoms with Gasteiger partial charge in [-0.3, -0.25) is 0 Å². The number of hydrogen-bond donors (Lipinski definition) is 0. The number of fused-ring (bicyclic) bond motifs is 14. The van der Waals surface area contributed by atoms with Crippen LogP contribution in [0.15, 0.2) is 12.3 Å². The second-order valence-corrected chi connectivity index (χ2v) is 32.4. The monoisotopic (exact) mass is 1350 g/mol. The molecule has 7 aromatic heterocycles. The van der Waals surface area contributed by atoms with Crippen molar-refractivity contribution in [3.63, 3.8) is 0 Å². The van der Waals surface area contributed by atoms with Crippen LogP contribution in [-0.2, 0) is 35.5 Å². The summed E-state index contributed by atoms with van der Waals surface area (Å²) in [5.74, 6) is 1.18. The average Bonchev–Trinajstić information content (AvgIpc) is 1.52. The molecule has 0 aliphatic rings. The number of carbonyl (C=O) groups is 1. The first-order chi connectivity index (χ1) is 44.0. The molecule has 1 aromatic carbocycles. The van der Waals surface area contributed by atoms with E-state index in [-0.39, 0.29) is 15.0 Å². The molecule has 0 saturated carbocycles. The van der Waals surface area contributed by atoms with Crippen LogP contribution in [0.1, 0.15) is 332 Å². The van der Waals surface area contributed by atoms with Gasteiger partial charge in [0.05, 0.1) is 0 Å². The second kappa shape index (κ2) is 40.5. The second-order valence-electron chi connectivity index (χ2n) is 27.1. The van der Waals surface area contributed by atoms with Crippen molar-refractivity contribution < 1.29 is 9.53 Å². The summed E-state index contributed by atoms with van der Waals surface area (Å²) in [6.07, 6.45) is 67.0. The first kappa shape index (κ1) is 72.0. The SMILES string of the molecule is CCCCCCCCCCCc1c(/C=C/C=O)sc2c1sc1c3c4n[se]nc4c4c5sc6c(CCCCCCCCCCC)c(/C=C/OC)sc6c5n(CC(CCCCCC)CCCCCCCC)c4c3n(CC(CCCCCC)CCCCCCCC)c21. The number of unbranched alkanes of at least 4 members (excludes halogenated alkanes) is 32. The van der Waals surface area contributed by atoms with E-state index in [9.17, 15) is 4.79 Å². The van der Waals surface area contributed by atoms with Gasteiger partial charge in [-0.15, -0.1) is 0 Å². The summed E-state index contributed by atoms with van der Waals surface area (Å²) in [7, 11) is 1.81. The number of nitrogens with zero attached hydrogens (tertiary/aromatic N) is 4. The van der Waals surface area contributed by atoms with E-state index in [1.54, 1.807) is 6.08 Å². The van der Waals surface area contributed by atoms with Crippen molar-refractivity contribution in [1.82, 2.24) is 17.1 Å². The summed E-state index contributed by atoms with van der Waals surface area (Å²) in [4.78, 5) is 14.9. The number of carbonyl (C=O) groups excluding carboxylic acids is 1. The maximum absolute atomic E-state index is 12.2. The number of aldehydes is 1. The van der Waals surface area contributed by atoms with Crippen LogP contribution in [0.25, 0.3) is 84.2 Å². The normalized spacial score (nSPS) is 13.2. The van der Waals surface area contributed by atoms with E-state index in [1.165, 1.54) is 363 Å². The Morgan fingerprint density at radius 1 is 0.393 bits per heavy atom. The van der Waals surface area contributed by atoms with E-state index >= 15 is 0 Å². The number of ether oxygens (including phenoxy) is 1. The molecule has 2 atom stereocenters. The van der Waals surface area contributed by atoms with Gasteiger partial charge in [0.15, 0.2) is 0 Å². The fraction of sp³-hybridized carbons (Fsp3) is 0.705. The molecule has 7 heterocycles. The third kappa shape index (κ3) is 19.7. The Hall–Kier alpha value is -2.79. The zero-order valence-electron chi connectivity index (χ0n) is 57.2. The van der Waals surface area contributed by atoms with E-state index in [4.69, 9.17) is 12.7 Å². The van der Waals surface area contributed by atoms with Crippen molar-refractivity contribution in [3.8, 4) is 0 Å². The molecule has 8 rings (SSSR count). The average molecular weight is 1350 g/mol. The molecule has 89 heavy (non-hydrogen) atoms. The molecule has 0 spiro atoms. The molecule has 8 aromatic rings. The van der Waals surface area contributed by atoms with Crippen LogP contribution in [0.5, 0.6) is 0 Å². The summed E-state index contributed by atoms with van der Waals surface area (Å²) in [5.41, 5.74) is 11.2. The molecule has 494 valence electrons. The van der Waals surface area contributed by atoms with Crippen LogP contribution in [0.3, 0.4) is 0 Å². The van der Waals surface area contributed by atoms with Gasteiger partial charge in [-0.25, -0.2) is 0 Å². The van der Waals surface area contributed by atoms with Crippen molar-refractivity contribution in [2.75, 3.05) is 7.11 Å². The van der Waals surface area contributed by atoms with Crippen LogP contribution >= 0.6 is 45.3 Å². The van der Waals surface area contributed by atoms with E-state index in [2.05, 4.69) is 85.5 Å². The Morgan fingerprint density at radius 3 is 1.07 bits per heavy atom. The number of thiophene rings is 4. The summed E-state index contributed by atoms with van der Waals surface area (Å²) in [6.45, 7) is 16.2. The molecule has 0 amide bonds. The summed E-state index contributed by atoms with van der Waals surface area (Å²) in [6, 6.07) is 0. The Labute approximate surface area is 562 Å². The molecular weight excluding hydrogens is 1230 g/mol. The van der Waals surface area contributed by atoms with Gasteiger partial charge in [-0.2, -0.15) is 0 Å². The number of benzene rings is 1. The Morgan fingerprint density at radius 2 is 0.719 bits per heavy atom. The zero-order valence-corrected chi connectivity index (χ0v) is 62.2. The minimum absolute atomic E-state index is 0.206. The fourth-order valence-corrected chi connectivity index (χ4v) is 21.9. The van der Waals surface area contributed by atoms with Crippen molar-refractivity contribution in [3.05, 3.63) is 33.2 Å². The first-order valence-electron chi connectivity index (χ1n) is 37.3. The third-order valence-electron chi connectivity index (χ3n) is 19.9. The van der Waals surface area contributed by atoms with Gasteiger partial charge >= 0.3 is 435 Å². The summed E-state index contributed by atoms with van der Waals surface area (Å²) in [5, 5.41) is 2.79. The Balaban J connectivity index is 1.37. The molecule has 6 nitrogen and oxygen atoms in total. The van der Waals surface area contributed by atoms with E-state index in [0.717, 1.165) is 32.2 Å². The quantitative estimate of drug-likeness (QED) is 0.0125. The van der Waals surface area contributed by atoms with Gasteiger partial charge in [0, 0.05) is 0 Å². The van der Waals surface area contributed by atoms with Gasteiger partial charge in [0.2, 0.25) is 0 Å². The van der Waals surface area contributed by atoms with Gasteiger partial charge in [0.25, 0.3) is 0 Å². The van der Waals surface area contributed by atoms with Crippen molar-refractivity contribution in [2.45, 2.75) is 337 Å². The van der Waals surface area contributed by atoms with E-state index < -0.39 is 0 Å². The summed E-state index contributed by atoms with van der Waals surface area (Å²) < 4.78 is 31.7. The number of allylic oxidation sites excluding steroid dienone is 1. The van der Waals surface area contributed by atoms with Crippen LogP contribution in [0, 0.1) is 11.8 Å². The van der Waals surface area contributed by atoms with Gasteiger partial charge in [-0.1, -0.05) is 131 Å². The molecule has 0 aliphatic carbocycles. The van der Waals surface area contributed by atoms with Gasteiger partial charge in [-0.05, 0) is 0 Å². The van der Waals surface area contributed by atoms with Crippen LogP contribution in [0.4, 0.5) is 0 Å². The predicted molar refractivity (Wildman–Crippen MR) is 402 cm³/mol. The molecule has 0 aliphatic heterocycles. The van der Waals surface area contributed by atoms with Crippen molar-refractivity contribution >= 4 is 151 Å². The van der Waals surface area contributed by atoms with Crippen LogP contribution < -0.4 is 0 Å².